The van der Waals surface area contributed by atoms with E-state index >= 15 is 0 Å². The van der Waals surface area contributed by atoms with Crippen molar-refractivity contribution in [2.75, 3.05) is 19.8 Å². The molecule has 1 aliphatic rings. The smallest absolute Gasteiger partial charge is 0.246 e. The van der Waals surface area contributed by atoms with Crippen LogP contribution in [0.25, 0.3) is 11.5 Å². The van der Waals surface area contributed by atoms with Crippen molar-refractivity contribution in [2.24, 2.45) is 0 Å². The van der Waals surface area contributed by atoms with E-state index < -0.39 is 0 Å². The molecule has 1 amide bonds. The lowest BCUT2D eigenvalue weighted by Crippen LogP contribution is -2.34. The lowest BCUT2D eigenvalue weighted by Gasteiger charge is -2.10. The Balaban J connectivity index is 1.36. The molecule has 1 saturated heterocycles. The third kappa shape index (κ3) is 3.96. The van der Waals surface area contributed by atoms with Gasteiger partial charge in [0.25, 0.3) is 0 Å². The van der Waals surface area contributed by atoms with E-state index in [9.17, 15) is 4.79 Å². The van der Waals surface area contributed by atoms with Crippen LogP contribution in [0.3, 0.4) is 0 Å². The second-order valence-corrected chi connectivity index (χ2v) is 5.09. The molecule has 0 radical (unpaired) electrons. The molecule has 3 rings (SSSR count). The van der Waals surface area contributed by atoms with E-state index in [-0.39, 0.29) is 25.2 Å². The highest BCUT2D eigenvalue weighted by Crippen LogP contribution is 2.20. The molecule has 118 valence electrons. The van der Waals surface area contributed by atoms with Crippen LogP contribution in [0.1, 0.15) is 18.5 Å². The summed E-state index contributed by atoms with van der Waals surface area (Å²) < 4.78 is 21.1. The van der Waals surface area contributed by atoms with Gasteiger partial charge in [-0.15, -0.1) is 0 Å². The number of carbonyl (C=O) groups is 1. The number of furan rings is 1. The van der Waals surface area contributed by atoms with Crippen LogP contribution in [0, 0.1) is 0 Å². The second kappa shape index (κ2) is 7.24. The van der Waals surface area contributed by atoms with E-state index in [1.165, 1.54) is 0 Å². The van der Waals surface area contributed by atoms with Gasteiger partial charge in [-0.1, -0.05) is 5.16 Å². The molecule has 7 heteroatoms. The number of nitrogens with one attached hydrogen (secondary N) is 1. The van der Waals surface area contributed by atoms with Crippen molar-refractivity contribution in [1.29, 1.82) is 0 Å². The molecule has 1 atom stereocenters. The number of aromatic nitrogens is 1. The van der Waals surface area contributed by atoms with Crippen molar-refractivity contribution in [2.45, 2.75) is 25.6 Å². The third-order valence-corrected chi connectivity index (χ3v) is 3.36. The number of nitrogens with zero attached hydrogens (tertiary/aromatic N) is 1. The van der Waals surface area contributed by atoms with Crippen LogP contribution >= 0.6 is 0 Å². The Morgan fingerprint density at radius 1 is 1.45 bits per heavy atom. The molecule has 0 saturated carbocycles. The fourth-order valence-corrected chi connectivity index (χ4v) is 2.25. The number of amides is 1. The van der Waals surface area contributed by atoms with Gasteiger partial charge < -0.3 is 23.7 Å². The van der Waals surface area contributed by atoms with Gasteiger partial charge in [0.2, 0.25) is 11.7 Å². The fraction of sp³-hybridized carbons (Fsp3) is 0.467. The first kappa shape index (κ1) is 14.8. The van der Waals surface area contributed by atoms with Crippen molar-refractivity contribution >= 4 is 5.91 Å². The first-order chi connectivity index (χ1) is 10.8. The summed E-state index contributed by atoms with van der Waals surface area (Å²) in [5.41, 5.74) is 0.610. The number of hydrogen-bond donors (Lipinski definition) is 1. The molecule has 1 aliphatic heterocycles. The maximum Gasteiger partial charge on any atom is 0.246 e. The highest BCUT2D eigenvalue weighted by molar-refractivity contribution is 5.77. The summed E-state index contributed by atoms with van der Waals surface area (Å²) in [6.45, 7) is 1.50. The van der Waals surface area contributed by atoms with Gasteiger partial charge in [-0.25, -0.2) is 0 Å². The third-order valence-electron chi connectivity index (χ3n) is 3.36. The van der Waals surface area contributed by atoms with Crippen molar-refractivity contribution < 1.29 is 23.2 Å². The van der Waals surface area contributed by atoms with Crippen LogP contribution in [0.5, 0.6) is 0 Å². The van der Waals surface area contributed by atoms with Gasteiger partial charge in [0.1, 0.15) is 12.3 Å². The van der Waals surface area contributed by atoms with E-state index in [2.05, 4.69) is 10.5 Å². The topological polar surface area (TPSA) is 86.7 Å². The molecule has 0 aliphatic carbocycles. The van der Waals surface area contributed by atoms with Gasteiger partial charge in [0, 0.05) is 19.2 Å². The molecule has 0 spiro atoms. The van der Waals surface area contributed by atoms with Crippen molar-refractivity contribution in [3.8, 4) is 11.5 Å². The van der Waals surface area contributed by atoms with Crippen LogP contribution in [0.15, 0.2) is 33.4 Å². The number of ether oxygens (including phenoxy) is 2. The summed E-state index contributed by atoms with van der Waals surface area (Å²) in [5, 5.41) is 6.66. The highest BCUT2D eigenvalue weighted by Gasteiger charge is 2.16. The Kier molecular flexibility index (Phi) is 4.87. The Bertz CT molecular complexity index is 587. The number of rotatable bonds is 7. The van der Waals surface area contributed by atoms with Crippen molar-refractivity contribution in [3.05, 3.63) is 30.2 Å². The largest absolute Gasteiger partial charge is 0.461 e. The van der Waals surface area contributed by atoms with E-state index in [1.807, 2.05) is 0 Å². The second-order valence-electron chi connectivity index (χ2n) is 5.09. The summed E-state index contributed by atoms with van der Waals surface area (Å²) >= 11 is 0. The minimum atomic E-state index is -0.162. The van der Waals surface area contributed by atoms with Crippen LogP contribution in [0.4, 0.5) is 0 Å². The molecule has 0 unspecified atom stereocenters. The predicted molar refractivity (Wildman–Crippen MR) is 75.8 cm³/mol. The van der Waals surface area contributed by atoms with Crippen molar-refractivity contribution in [3.63, 3.8) is 0 Å². The summed E-state index contributed by atoms with van der Waals surface area (Å²) in [6, 6.07) is 5.28. The van der Waals surface area contributed by atoms with Crippen LogP contribution < -0.4 is 5.32 Å². The lowest BCUT2D eigenvalue weighted by molar-refractivity contribution is -0.126. The Labute approximate surface area is 127 Å². The minimum absolute atomic E-state index is 0.0182. The maximum atomic E-state index is 11.6. The van der Waals surface area contributed by atoms with Gasteiger partial charge >= 0.3 is 0 Å². The zero-order valence-electron chi connectivity index (χ0n) is 12.1. The Hall–Kier alpha value is -2.12. The average Bonchev–Trinajstić information content (AvgIpc) is 3.26. The van der Waals surface area contributed by atoms with Gasteiger partial charge in [0.15, 0.2) is 5.76 Å². The van der Waals surface area contributed by atoms with Crippen LogP contribution in [-0.4, -0.2) is 36.9 Å². The first-order valence-electron chi connectivity index (χ1n) is 7.27. The molecule has 0 aromatic carbocycles. The quantitative estimate of drug-likeness (QED) is 0.838. The van der Waals surface area contributed by atoms with E-state index in [0.717, 1.165) is 19.4 Å². The molecule has 2 aromatic heterocycles. The van der Waals surface area contributed by atoms with Gasteiger partial charge in [-0.2, -0.15) is 0 Å². The highest BCUT2D eigenvalue weighted by atomic mass is 16.5. The monoisotopic (exact) mass is 306 g/mol. The molecule has 1 N–H and O–H groups in total. The van der Waals surface area contributed by atoms with E-state index in [4.69, 9.17) is 18.4 Å². The number of carbonyl (C=O) groups excluding carboxylic acids is 1. The Morgan fingerprint density at radius 2 is 2.41 bits per heavy atom. The molecular weight excluding hydrogens is 288 g/mol. The van der Waals surface area contributed by atoms with Gasteiger partial charge in [0.05, 0.1) is 19.0 Å². The molecule has 22 heavy (non-hydrogen) atoms. The molecule has 0 bridgehead atoms. The van der Waals surface area contributed by atoms with Crippen LogP contribution in [-0.2, 0) is 20.9 Å². The average molecular weight is 306 g/mol. The normalized spacial score (nSPS) is 17.7. The minimum Gasteiger partial charge on any atom is -0.461 e. The first-order valence-corrected chi connectivity index (χ1v) is 7.27. The molecular formula is C15H18N2O5. The van der Waals surface area contributed by atoms with Gasteiger partial charge in [-0.3, -0.25) is 4.79 Å². The summed E-state index contributed by atoms with van der Waals surface area (Å²) in [7, 11) is 0. The summed E-state index contributed by atoms with van der Waals surface area (Å²) in [4.78, 5) is 11.6. The van der Waals surface area contributed by atoms with E-state index in [0.29, 0.717) is 23.8 Å². The molecule has 2 aromatic rings. The molecule has 7 nitrogen and oxygen atoms in total. The zero-order chi connectivity index (χ0) is 15.2. The molecule has 1 fully saturated rings. The summed E-state index contributed by atoms with van der Waals surface area (Å²) in [5.74, 6) is 0.977. The molecule has 3 heterocycles. The SMILES string of the molecule is O=C(COCc1cc(-c2ccco2)on1)NC[C@@H]1CCCO1. The van der Waals surface area contributed by atoms with E-state index in [1.54, 1.807) is 24.5 Å². The fourth-order valence-electron chi connectivity index (χ4n) is 2.25. The summed E-state index contributed by atoms with van der Waals surface area (Å²) in [6.07, 6.45) is 3.75. The lowest BCUT2D eigenvalue weighted by atomic mass is 10.2. The van der Waals surface area contributed by atoms with Crippen molar-refractivity contribution in [1.82, 2.24) is 10.5 Å². The standard InChI is InChI=1S/C15H18N2O5/c18-15(16-8-12-3-1-5-20-12)10-19-9-11-7-14(22-17-11)13-4-2-6-21-13/h2,4,6-7,12H,1,3,5,8-10H2,(H,16,18)/t12-/m0/s1. The number of hydrogen-bond acceptors (Lipinski definition) is 6. The predicted octanol–water partition coefficient (Wildman–Crippen LogP) is 1.75. The van der Waals surface area contributed by atoms with Crippen LogP contribution in [0.2, 0.25) is 0 Å². The Morgan fingerprint density at radius 3 is 3.18 bits per heavy atom. The maximum absolute atomic E-state index is 11.6. The van der Waals surface area contributed by atoms with Gasteiger partial charge in [-0.05, 0) is 25.0 Å². The zero-order valence-corrected chi connectivity index (χ0v) is 12.1.